The van der Waals surface area contributed by atoms with Gasteiger partial charge in [0, 0.05) is 43.4 Å². The van der Waals surface area contributed by atoms with Crippen LogP contribution in [0.25, 0.3) is 0 Å². The van der Waals surface area contributed by atoms with E-state index >= 15 is 0 Å². The molecule has 0 fully saturated rings. The van der Waals surface area contributed by atoms with Gasteiger partial charge in [0.2, 0.25) is 0 Å². The number of nitrogens with zero attached hydrogens (tertiary/aromatic N) is 1. The molecule has 2 aromatic carbocycles. The predicted molar refractivity (Wildman–Crippen MR) is 120 cm³/mol. The Morgan fingerprint density at radius 2 is 1.93 bits per heavy atom. The van der Waals surface area contributed by atoms with E-state index in [1.165, 1.54) is 0 Å². The van der Waals surface area contributed by atoms with Crippen LogP contribution in [0.2, 0.25) is 0 Å². The summed E-state index contributed by atoms with van der Waals surface area (Å²) in [5.74, 6) is 2.06. The SMILES string of the molecule is CCC(C)NC(=O)c1cccc(CNC(=NC)Nc2ccc3c(c2)OCCCO3)c1. The first-order valence-corrected chi connectivity index (χ1v) is 10.4. The zero-order chi connectivity index (χ0) is 21.3. The van der Waals surface area contributed by atoms with Gasteiger partial charge in [-0.15, -0.1) is 0 Å². The van der Waals surface area contributed by atoms with E-state index in [1.54, 1.807) is 7.05 Å². The van der Waals surface area contributed by atoms with Crippen molar-refractivity contribution in [3.63, 3.8) is 0 Å². The molecule has 7 nitrogen and oxygen atoms in total. The lowest BCUT2D eigenvalue weighted by atomic mass is 10.1. The van der Waals surface area contributed by atoms with E-state index < -0.39 is 0 Å². The van der Waals surface area contributed by atoms with Crippen molar-refractivity contribution in [2.24, 2.45) is 4.99 Å². The lowest BCUT2D eigenvalue weighted by Gasteiger charge is -2.15. The highest BCUT2D eigenvalue weighted by molar-refractivity contribution is 5.95. The van der Waals surface area contributed by atoms with Crippen LogP contribution < -0.4 is 25.4 Å². The Morgan fingerprint density at radius 1 is 1.13 bits per heavy atom. The fraction of sp³-hybridized carbons (Fsp3) is 0.391. The van der Waals surface area contributed by atoms with E-state index in [4.69, 9.17) is 9.47 Å². The number of carbonyl (C=O) groups excluding carboxylic acids is 1. The standard InChI is InChI=1S/C23H30N4O3/c1-4-16(2)26-22(28)18-8-5-7-17(13-18)15-25-23(24-3)27-19-9-10-20-21(14-19)30-12-6-11-29-20/h5,7-10,13-14,16H,4,6,11-12,15H2,1-3H3,(H,26,28)(H2,24,25,27). The summed E-state index contributed by atoms with van der Waals surface area (Å²) in [5, 5.41) is 9.54. The molecular weight excluding hydrogens is 380 g/mol. The van der Waals surface area contributed by atoms with Crippen molar-refractivity contribution in [1.82, 2.24) is 10.6 Å². The van der Waals surface area contributed by atoms with E-state index in [-0.39, 0.29) is 11.9 Å². The molecule has 160 valence electrons. The average molecular weight is 411 g/mol. The van der Waals surface area contributed by atoms with Crippen molar-refractivity contribution < 1.29 is 14.3 Å². The Labute approximate surface area is 177 Å². The first-order chi connectivity index (χ1) is 14.6. The molecule has 1 aliphatic rings. The smallest absolute Gasteiger partial charge is 0.251 e. The molecule has 0 saturated heterocycles. The summed E-state index contributed by atoms with van der Waals surface area (Å²) in [6, 6.07) is 13.5. The van der Waals surface area contributed by atoms with E-state index in [0.717, 1.165) is 35.6 Å². The van der Waals surface area contributed by atoms with Crippen LogP contribution in [0.4, 0.5) is 5.69 Å². The van der Waals surface area contributed by atoms with Crippen LogP contribution in [0.5, 0.6) is 11.5 Å². The maximum atomic E-state index is 12.4. The number of anilines is 1. The first-order valence-electron chi connectivity index (χ1n) is 10.4. The highest BCUT2D eigenvalue weighted by atomic mass is 16.5. The first kappa shape index (κ1) is 21.5. The summed E-state index contributed by atoms with van der Waals surface area (Å²) >= 11 is 0. The van der Waals surface area contributed by atoms with Crippen LogP contribution in [-0.4, -0.2) is 38.2 Å². The number of fused-ring (bicyclic) bond motifs is 1. The number of amides is 1. The molecule has 2 aromatic rings. The zero-order valence-electron chi connectivity index (χ0n) is 17.8. The number of aliphatic imine (C=N–C) groups is 1. The van der Waals surface area contributed by atoms with Gasteiger partial charge in [-0.2, -0.15) is 0 Å². The van der Waals surface area contributed by atoms with Crippen molar-refractivity contribution in [3.8, 4) is 11.5 Å². The molecule has 0 saturated carbocycles. The minimum Gasteiger partial charge on any atom is -0.490 e. The number of benzene rings is 2. The molecule has 0 radical (unpaired) electrons. The molecular formula is C23H30N4O3. The van der Waals surface area contributed by atoms with Gasteiger partial charge >= 0.3 is 0 Å². The van der Waals surface area contributed by atoms with Gasteiger partial charge in [0.1, 0.15) is 0 Å². The molecule has 0 bridgehead atoms. The number of carbonyl (C=O) groups is 1. The molecule has 0 aliphatic carbocycles. The van der Waals surface area contributed by atoms with Crippen LogP contribution in [0.1, 0.15) is 42.6 Å². The van der Waals surface area contributed by atoms with Gasteiger partial charge in [0.25, 0.3) is 5.91 Å². The Kier molecular flexibility index (Phi) is 7.54. The number of hydrogen-bond donors (Lipinski definition) is 3. The number of nitrogens with one attached hydrogen (secondary N) is 3. The molecule has 0 spiro atoms. The van der Waals surface area contributed by atoms with Gasteiger partial charge in [-0.25, -0.2) is 0 Å². The lowest BCUT2D eigenvalue weighted by molar-refractivity contribution is 0.0939. The zero-order valence-corrected chi connectivity index (χ0v) is 17.8. The van der Waals surface area contributed by atoms with Crippen molar-refractivity contribution in [1.29, 1.82) is 0 Å². The lowest BCUT2D eigenvalue weighted by Crippen LogP contribution is -2.32. The largest absolute Gasteiger partial charge is 0.490 e. The highest BCUT2D eigenvalue weighted by Crippen LogP contribution is 2.32. The molecule has 3 rings (SSSR count). The molecule has 3 N–H and O–H groups in total. The number of hydrogen-bond acceptors (Lipinski definition) is 4. The van der Waals surface area contributed by atoms with Gasteiger partial charge in [0.05, 0.1) is 13.2 Å². The third-order valence-electron chi connectivity index (χ3n) is 4.87. The Hall–Kier alpha value is -3.22. The minimum absolute atomic E-state index is 0.0547. The second-order valence-corrected chi connectivity index (χ2v) is 7.25. The van der Waals surface area contributed by atoms with Crippen LogP contribution in [0.15, 0.2) is 47.5 Å². The molecule has 0 aromatic heterocycles. The third-order valence-corrected chi connectivity index (χ3v) is 4.87. The monoisotopic (exact) mass is 410 g/mol. The van der Waals surface area contributed by atoms with E-state index in [0.29, 0.717) is 31.3 Å². The molecule has 1 aliphatic heterocycles. The van der Waals surface area contributed by atoms with Gasteiger partial charge in [-0.1, -0.05) is 19.1 Å². The number of rotatable bonds is 6. The Bertz CT molecular complexity index is 898. The maximum absolute atomic E-state index is 12.4. The number of guanidine groups is 1. The van der Waals surface area contributed by atoms with Gasteiger partial charge in [-0.3, -0.25) is 9.79 Å². The van der Waals surface area contributed by atoms with E-state index in [2.05, 4.69) is 20.9 Å². The molecule has 1 atom stereocenters. The molecule has 7 heteroatoms. The van der Waals surface area contributed by atoms with Crippen molar-refractivity contribution >= 4 is 17.6 Å². The van der Waals surface area contributed by atoms with Crippen LogP contribution in [0.3, 0.4) is 0 Å². The molecule has 30 heavy (non-hydrogen) atoms. The second-order valence-electron chi connectivity index (χ2n) is 7.25. The third kappa shape index (κ3) is 5.89. The molecule has 1 heterocycles. The van der Waals surface area contributed by atoms with Crippen LogP contribution >= 0.6 is 0 Å². The van der Waals surface area contributed by atoms with Crippen LogP contribution in [-0.2, 0) is 6.54 Å². The van der Waals surface area contributed by atoms with Crippen LogP contribution in [0, 0.1) is 0 Å². The average Bonchev–Trinajstić information content (AvgIpc) is 3.01. The second kappa shape index (κ2) is 10.5. The fourth-order valence-corrected chi connectivity index (χ4v) is 2.97. The Balaban J connectivity index is 1.60. The summed E-state index contributed by atoms with van der Waals surface area (Å²) in [7, 11) is 1.72. The predicted octanol–water partition coefficient (Wildman–Crippen LogP) is 3.56. The molecule has 1 unspecified atom stereocenters. The summed E-state index contributed by atoms with van der Waals surface area (Å²) in [6.07, 6.45) is 1.77. The van der Waals surface area contributed by atoms with Gasteiger partial charge < -0.3 is 25.4 Å². The van der Waals surface area contributed by atoms with Crippen molar-refractivity contribution in [3.05, 3.63) is 53.6 Å². The highest BCUT2D eigenvalue weighted by Gasteiger charge is 2.12. The van der Waals surface area contributed by atoms with Crippen molar-refractivity contribution in [2.75, 3.05) is 25.6 Å². The number of ether oxygens (including phenoxy) is 2. The summed E-state index contributed by atoms with van der Waals surface area (Å²) in [6.45, 7) is 5.89. The van der Waals surface area contributed by atoms with Gasteiger partial charge in [0.15, 0.2) is 17.5 Å². The summed E-state index contributed by atoms with van der Waals surface area (Å²) in [4.78, 5) is 16.6. The fourth-order valence-electron chi connectivity index (χ4n) is 2.97. The molecule has 1 amide bonds. The maximum Gasteiger partial charge on any atom is 0.251 e. The normalized spacial score (nSPS) is 14.4. The summed E-state index contributed by atoms with van der Waals surface area (Å²) < 4.78 is 11.4. The summed E-state index contributed by atoms with van der Waals surface area (Å²) in [5.41, 5.74) is 2.50. The van der Waals surface area contributed by atoms with Gasteiger partial charge in [-0.05, 0) is 43.2 Å². The van der Waals surface area contributed by atoms with E-state index in [9.17, 15) is 4.79 Å². The van der Waals surface area contributed by atoms with Crippen molar-refractivity contribution in [2.45, 2.75) is 39.3 Å². The topological polar surface area (TPSA) is 84.0 Å². The Morgan fingerprint density at radius 3 is 2.70 bits per heavy atom. The minimum atomic E-state index is -0.0547. The van der Waals surface area contributed by atoms with E-state index in [1.807, 2.05) is 56.3 Å². The quantitative estimate of drug-likeness (QED) is 0.501.